The Bertz CT molecular complexity index is 418. The average Bonchev–Trinajstić information content (AvgIpc) is 2.33. The van der Waals surface area contributed by atoms with Gasteiger partial charge in [-0.25, -0.2) is 0 Å². The molecule has 0 amide bonds. The van der Waals surface area contributed by atoms with Gasteiger partial charge in [-0.3, -0.25) is 9.78 Å². The predicted octanol–water partition coefficient (Wildman–Crippen LogP) is 3.71. The zero-order valence-electron chi connectivity index (χ0n) is 12.2. The fourth-order valence-corrected chi connectivity index (χ4v) is 2.87. The smallest absolute Gasteiger partial charge is 0.136 e. The van der Waals surface area contributed by atoms with E-state index in [1.54, 1.807) is 6.20 Å². The summed E-state index contributed by atoms with van der Waals surface area (Å²) in [7, 11) is 0. The molecule has 4 heteroatoms. The Morgan fingerprint density at radius 3 is 2.53 bits per heavy atom. The molecule has 0 aliphatic rings. The molecule has 0 saturated carbocycles. The first-order valence-electron chi connectivity index (χ1n) is 6.75. The molecular formula is C15H24N2OS. The molecule has 0 saturated heterocycles. The summed E-state index contributed by atoms with van der Waals surface area (Å²) in [5, 5.41) is 0.160. The van der Waals surface area contributed by atoms with Gasteiger partial charge in [0.2, 0.25) is 0 Å². The van der Waals surface area contributed by atoms with E-state index in [1.807, 2.05) is 37.9 Å². The van der Waals surface area contributed by atoms with E-state index in [0.29, 0.717) is 23.8 Å². The molecule has 1 heterocycles. The van der Waals surface area contributed by atoms with Gasteiger partial charge in [-0.2, -0.15) is 11.8 Å². The van der Waals surface area contributed by atoms with E-state index >= 15 is 0 Å². The van der Waals surface area contributed by atoms with Crippen molar-refractivity contribution >= 4 is 23.2 Å². The Hall–Kier alpha value is -1.03. The average molecular weight is 280 g/mol. The Morgan fingerprint density at radius 1 is 1.32 bits per heavy atom. The standard InChI is InChI=1S/C15H24N2OS/c1-10(2)9-19-15(6-14(18)11(3)4)12-5-13(16)8-17-7-12/h5,7-8,10-11,15H,6,9,16H2,1-4H3. The number of nitrogens with two attached hydrogens (primary N) is 1. The normalized spacial score (nSPS) is 12.9. The second kappa shape index (κ2) is 7.53. The van der Waals surface area contributed by atoms with E-state index < -0.39 is 0 Å². The first-order chi connectivity index (χ1) is 8.90. The summed E-state index contributed by atoms with van der Waals surface area (Å²) < 4.78 is 0. The summed E-state index contributed by atoms with van der Waals surface area (Å²) in [6.07, 6.45) is 4.01. The molecule has 0 aliphatic heterocycles. The SMILES string of the molecule is CC(C)CSC(CC(=O)C(C)C)c1cncc(N)c1. The van der Waals surface area contributed by atoms with Gasteiger partial charge in [-0.15, -0.1) is 0 Å². The third-order valence-electron chi connectivity index (χ3n) is 2.81. The van der Waals surface area contributed by atoms with Crippen LogP contribution in [0.15, 0.2) is 18.5 Å². The number of hydrogen-bond acceptors (Lipinski definition) is 4. The van der Waals surface area contributed by atoms with E-state index in [0.717, 1.165) is 11.3 Å². The third kappa shape index (κ3) is 5.64. The summed E-state index contributed by atoms with van der Waals surface area (Å²) in [4.78, 5) is 16.1. The third-order valence-corrected chi connectivity index (χ3v) is 4.51. The van der Waals surface area contributed by atoms with Gasteiger partial charge < -0.3 is 5.73 Å². The molecule has 0 bridgehead atoms. The zero-order valence-corrected chi connectivity index (χ0v) is 13.0. The number of thioether (sulfide) groups is 1. The lowest BCUT2D eigenvalue weighted by Crippen LogP contribution is -2.12. The Balaban J connectivity index is 2.82. The van der Waals surface area contributed by atoms with Crippen molar-refractivity contribution in [2.45, 2.75) is 39.4 Å². The Labute approximate surface area is 120 Å². The monoisotopic (exact) mass is 280 g/mol. The van der Waals surface area contributed by atoms with Crippen LogP contribution in [0.3, 0.4) is 0 Å². The molecule has 0 spiro atoms. The number of ketones is 1. The van der Waals surface area contributed by atoms with Crippen LogP contribution in [0.5, 0.6) is 0 Å². The largest absolute Gasteiger partial charge is 0.397 e. The second-order valence-electron chi connectivity index (χ2n) is 5.59. The number of nitrogen functional groups attached to an aromatic ring is 1. The van der Waals surface area contributed by atoms with Crippen molar-refractivity contribution in [1.29, 1.82) is 0 Å². The Kier molecular flexibility index (Phi) is 6.35. The summed E-state index contributed by atoms with van der Waals surface area (Å²) >= 11 is 1.82. The zero-order chi connectivity index (χ0) is 14.4. The Morgan fingerprint density at radius 2 is 2.00 bits per heavy atom. The van der Waals surface area contributed by atoms with E-state index in [-0.39, 0.29) is 11.2 Å². The number of nitrogens with zero attached hydrogens (tertiary/aromatic N) is 1. The molecule has 0 aromatic carbocycles. The lowest BCUT2D eigenvalue weighted by molar-refractivity contribution is -0.121. The van der Waals surface area contributed by atoms with E-state index in [9.17, 15) is 4.79 Å². The second-order valence-corrected chi connectivity index (χ2v) is 6.83. The first kappa shape index (κ1) is 16.0. The van der Waals surface area contributed by atoms with Gasteiger partial charge in [0.1, 0.15) is 5.78 Å². The number of aromatic nitrogens is 1. The molecule has 0 aliphatic carbocycles. The van der Waals surface area contributed by atoms with Gasteiger partial charge in [-0.05, 0) is 23.3 Å². The van der Waals surface area contributed by atoms with Crippen LogP contribution in [0.25, 0.3) is 0 Å². The highest BCUT2D eigenvalue weighted by Crippen LogP contribution is 2.34. The number of Topliss-reactive ketones (excluding diaryl/α,β-unsaturated/α-hetero) is 1. The molecule has 1 aromatic rings. The van der Waals surface area contributed by atoms with Crippen molar-refractivity contribution < 1.29 is 4.79 Å². The van der Waals surface area contributed by atoms with Crippen molar-refractivity contribution in [1.82, 2.24) is 4.98 Å². The highest BCUT2D eigenvalue weighted by molar-refractivity contribution is 7.99. The van der Waals surface area contributed by atoms with Gasteiger partial charge in [0.25, 0.3) is 0 Å². The number of anilines is 1. The van der Waals surface area contributed by atoms with Gasteiger partial charge in [0.15, 0.2) is 0 Å². The maximum atomic E-state index is 12.0. The quantitative estimate of drug-likeness (QED) is 0.827. The maximum Gasteiger partial charge on any atom is 0.136 e. The minimum Gasteiger partial charge on any atom is -0.397 e. The molecule has 1 aromatic heterocycles. The minimum atomic E-state index is 0.0798. The van der Waals surface area contributed by atoms with Crippen LogP contribution in [-0.2, 0) is 4.79 Å². The maximum absolute atomic E-state index is 12.0. The molecule has 0 fully saturated rings. The van der Waals surface area contributed by atoms with Gasteiger partial charge in [0.05, 0.1) is 5.69 Å². The van der Waals surface area contributed by atoms with Crippen LogP contribution < -0.4 is 5.73 Å². The topological polar surface area (TPSA) is 56.0 Å². The lowest BCUT2D eigenvalue weighted by Gasteiger charge is -2.18. The number of carbonyl (C=O) groups excluding carboxylic acids is 1. The van der Waals surface area contributed by atoms with Gasteiger partial charge in [0, 0.05) is 30.0 Å². The summed E-state index contributed by atoms with van der Waals surface area (Å²) in [5.74, 6) is 2.01. The fourth-order valence-electron chi connectivity index (χ4n) is 1.65. The van der Waals surface area contributed by atoms with Crippen LogP contribution in [-0.4, -0.2) is 16.5 Å². The van der Waals surface area contributed by atoms with Gasteiger partial charge in [-0.1, -0.05) is 27.7 Å². The molecule has 106 valence electrons. The molecule has 1 unspecified atom stereocenters. The summed E-state index contributed by atoms with van der Waals surface area (Å²) in [5.41, 5.74) is 7.50. The summed E-state index contributed by atoms with van der Waals surface area (Å²) in [6, 6.07) is 1.93. The molecule has 1 atom stereocenters. The number of hydrogen-bond donors (Lipinski definition) is 1. The van der Waals surface area contributed by atoms with Crippen molar-refractivity contribution in [3.63, 3.8) is 0 Å². The molecule has 1 rings (SSSR count). The van der Waals surface area contributed by atoms with Crippen LogP contribution in [0.1, 0.15) is 44.9 Å². The molecule has 3 nitrogen and oxygen atoms in total. The van der Waals surface area contributed by atoms with Crippen molar-refractivity contribution in [3.05, 3.63) is 24.0 Å². The van der Waals surface area contributed by atoms with E-state index in [4.69, 9.17) is 5.73 Å². The molecular weight excluding hydrogens is 256 g/mol. The summed E-state index contributed by atoms with van der Waals surface area (Å²) in [6.45, 7) is 8.27. The van der Waals surface area contributed by atoms with Crippen molar-refractivity contribution in [2.75, 3.05) is 11.5 Å². The molecule has 2 N–H and O–H groups in total. The van der Waals surface area contributed by atoms with E-state index in [1.165, 1.54) is 0 Å². The van der Waals surface area contributed by atoms with Crippen LogP contribution in [0, 0.1) is 11.8 Å². The molecule has 19 heavy (non-hydrogen) atoms. The lowest BCUT2D eigenvalue weighted by atomic mass is 10.0. The molecule has 0 radical (unpaired) electrons. The first-order valence-corrected chi connectivity index (χ1v) is 7.79. The highest BCUT2D eigenvalue weighted by Gasteiger charge is 2.19. The van der Waals surface area contributed by atoms with Crippen LogP contribution >= 0.6 is 11.8 Å². The number of carbonyl (C=O) groups is 1. The fraction of sp³-hybridized carbons (Fsp3) is 0.600. The highest BCUT2D eigenvalue weighted by atomic mass is 32.2. The van der Waals surface area contributed by atoms with Crippen molar-refractivity contribution in [2.24, 2.45) is 11.8 Å². The van der Waals surface area contributed by atoms with Crippen LogP contribution in [0.4, 0.5) is 5.69 Å². The number of rotatable bonds is 7. The predicted molar refractivity (Wildman–Crippen MR) is 83.1 cm³/mol. The van der Waals surface area contributed by atoms with E-state index in [2.05, 4.69) is 18.8 Å². The van der Waals surface area contributed by atoms with Crippen molar-refractivity contribution in [3.8, 4) is 0 Å². The van der Waals surface area contributed by atoms with Gasteiger partial charge >= 0.3 is 0 Å². The number of pyridine rings is 1. The van der Waals surface area contributed by atoms with Crippen LogP contribution in [0.2, 0.25) is 0 Å². The minimum absolute atomic E-state index is 0.0798.